The van der Waals surface area contributed by atoms with E-state index in [-0.39, 0.29) is 29.0 Å². The minimum Gasteiger partial charge on any atom is -0.311 e. The van der Waals surface area contributed by atoms with Gasteiger partial charge in [0, 0.05) is 17.5 Å². The topological polar surface area (TPSA) is 53.3 Å². The molecule has 1 unspecified atom stereocenters. The SMILES string of the molecule is CC[C@@H](C#N)P1(=O)O[C@@H]2[C@@H]([C@H]3CC[C@]2(C)C3(C)C)N1C(C)C. The van der Waals surface area contributed by atoms with E-state index in [1.165, 1.54) is 6.42 Å². The predicted octanol–water partition coefficient (Wildman–Crippen LogP) is 4.42. The fourth-order valence-electron chi connectivity index (χ4n) is 5.46. The van der Waals surface area contributed by atoms with Gasteiger partial charge in [0.1, 0.15) is 5.66 Å². The molecule has 0 aromatic carbocycles. The van der Waals surface area contributed by atoms with Crippen LogP contribution in [0.1, 0.15) is 60.8 Å². The molecule has 3 rings (SSSR count). The molecule has 1 aliphatic heterocycles. The van der Waals surface area contributed by atoms with Crippen LogP contribution in [0.5, 0.6) is 0 Å². The second-order valence-corrected chi connectivity index (χ2v) is 10.8. The van der Waals surface area contributed by atoms with E-state index in [4.69, 9.17) is 4.52 Å². The molecule has 0 aromatic heterocycles. The van der Waals surface area contributed by atoms with E-state index in [9.17, 15) is 9.83 Å². The van der Waals surface area contributed by atoms with E-state index < -0.39 is 13.2 Å². The predicted molar refractivity (Wildman–Crippen MR) is 87.5 cm³/mol. The summed E-state index contributed by atoms with van der Waals surface area (Å²) in [6, 6.07) is 2.61. The number of nitriles is 1. The molecule has 1 saturated heterocycles. The Morgan fingerprint density at radius 2 is 2.05 bits per heavy atom. The van der Waals surface area contributed by atoms with Gasteiger partial charge >= 0.3 is 0 Å². The minimum absolute atomic E-state index is 0.0110. The Morgan fingerprint density at radius 3 is 2.55 bits per heavy atom. The van der Waals surface area contributed by atoms with E-state index in [2.05, 4.69) is 45.4 Å². The zero-order chi connectivity index (χ0) is 16.5. The molecule has 0 amide bonds. The molecule has 0 spiro atoms. The molecule has 1 heterocycles. The molecule has 22 heavy (non-hydrogen) atoms. The number of rotatable bonds is 3. The van der Waals surface area contributed by atoms with Crippen LogP contribution in [0.15, 0.2) is 0 Å². The first-order valence-corrected chi connectivity index (χ1v) is 10.3. The number of fused-ring (bicyclic) bond motifs is 5. The van der Waals surface area contributed by atoms with Crippen LogP contribution in [0.4, 0.5) is 0 Å². The zero-order valence-corrected chi connectivity index (χ0v) is 15.6. The third-order valence-electron chi connectivity index (χ3n) is 7.07. The maximum absolute atomic E-state index is 13.7. The summed E-state index contributed by atoms with van der Waals surface area (Å²) < 4.78 is 22.2. The Hall–Kier alpha value is -0.360. The highest BCUT2D eigenvalue weighted by molar-refractivity contribution is 7.58. The van der Waals surface area contributed by atoms with Crippen molar-refractivity contribution in [1.82, 2.24) is 4.67 Å². The average Bonchev–Trinajstić information content (AvgIpc) is 2.90. The van der Waals surface area contributed by atoms with E-state index in [1.54, 1.807) is 0 Å². The number of hydrogen-bond acceptors (Lipinski definition) is 3. The van der Waals surface area contributed by atoms with Crippen molar-refractivity contribution in [2.24, 2.45) is 16.7 Å². The Kier molecular flexibility index (Phi) is 3.61. The molecule has 2 saturated carbocycles. The summed E-state index contributed by atoms with van der Waals surface area (Å²) in [6.45, 7) is 13.1. The van der Waals surface area contributed by atoms with Crippen molar-refractivity contribution in [2.45, 2.75) is 84.7 Å². The molecule has 0 N–H and O–H groups in total. The quantitative estimate of drug-likeness (QED) is 0.721. The highest BCUT2D eigenvalue weighted by Gasteiger charge is 2.74. The van der Waals surface area contributed by atoms with Gasteiger partial charge in [-0.2, -0.15) is 5.26 Å². The summed E-state index contributed by atoms with van der Waals surface area (Å²) in [7, 11) is -3.09. The van der Waals surface area contributed by atoms with Gasteiger partial charge in [0.2, 0.25) is 0 Å². The van der Waals surface area contributed by atoms with Gasteiger partial charge in [-0.25, -0.2) is 4.67 Å². The summed E-state index contributed by atoms with van der Waals surface area (Å²) >= 11 is 0. The van der Waals surface area contributed by atoms with Gasteiger partial charge in [-0.3, -0.25) is 4.57 Å². The number of nitrogens with zero attached hydrogens (tertiary/aromatic N) is 2. The second-order valence-electron chi connectivity index (χ2n) is 8.39. The monoisotopic (exact) mass is 324 g/mol. The lowest BCUT2D eigenvalue weighted by atomic mass is 9.70. The highest BCUT2D eigenvalue weighted by atomic mass is 31.2. The average molecular weight is 324 g/mol. The van der Waals surface area contributed by atoms with Crippen LogP contribution in [-0.4, -0.2) is 28.5 Å². The van der Waals surface area contributed by atoms with Crippen LogP contribution in [-0.2, 0) is 9.09 Å². The first-order valence-electron chi connectivity index (χ1n) is 8.61. The minimum atomic E-state index is -3.09. The zero-order valence-electron chi connectivity index (χ0n) is 14.7. The van der Waals surface area contributed by atoms with E-state index in [0.29, 0.717) is 12.3 Å². The fourth-order valence-corrected chi connectivity index (χ4v) is 8.62. The summed E-state index contributed by atoms with van der Waals surface area (Å²) in [5.74, 6) is 0.511. The smallest absolute Gasteiger partial charge is 0.290 e. The van der Waals surface area contributed by atoms with E-state index in [0.717, 1.165) is 6.42 Å². The molecule has 2 bridgehead atoms. The van der Waals surface area contributed by atoms with Crippen LogP contribution >= 0.6 is 7.52 Å². The van der Waals surface area contributed by atoms with Crippen molar-refractivity contribution >= 4 is 7.52 Å². The van der Waals surface area contributed by atoms with Crippen molar-refractivity contribution in [3.63, 3.8) is 0 Å². The lowest BCUT2D eigenvalue weighted by Gasteiger charge is -2.39. The van der Waals surface area contributed by atoms with Crippen LogP contribution in [0, 0.1) is 28.1 Å². The molecular weight excluding hydrogens is 295 g/mol. The second kappa shape index (κ2) is 4.82. The van der Waals surface area contributed by atoms with Gasteiger partial charge in [0.05, 0.1) is 12.2 Å². The molecule has 5 heteroatoms. The van der Waals surface area contributed by atoms with Crippen molar-refractivity contribution in [2.75, 3.05) is 0 Å². The van der Waals surface area contributed by atoms with Gasteiger partial charge in [-0.1, -0.05) is 27.7 Å². The Bertz CT molecular complexity index is 567. The lowest BCUT2D eigenvalue weighted by Crippen LogP contribution is -2.44. The fraction of sp³-hybridized carbons (Fsp3) is 0.941. The molecule has 6 atom stereocenters. The third kappa shape index (κ3) is 1.68. The Morgan fingerprint density at radius 1 is 1.41 bits per heavy atom. The molecule has 0 aromatic rings. The Balaban J connectivity index is 2.09. The van der Waals surface area contributed by atoms with Gasteiger partial charge in [-0.05, 0) is 44.4 Å². The van der Waals surface area contributed by atoms with Crippen LogP contribution < -0.4 is 0 Å². The van der Waals surface area contributed by atoms with Crippen LogP contribution in [0.2, 0.25) is 0 Å². The van der Waals surface area contributed by atoms with Gasteiger partial charge < -0.3 is 4.52 Å². The molecule has 3 fully saturated rings. The Labute approximate surface area is 134 Å². The maximum Gasteiger partial charge on any atom is 0.290 e. The summed E-state index contributed by atoms with van der Waals surface area (Å²) in [4.78, 5) is 0. The van der Waals surface area contributed by atoms with Crippen LogP contribution in [0.25, 0.3) is 0 Å². The molecule has 0 radical (unpaired) electrons. The summed E-state index contributed by atoms with van der Waals surface area (Å²) in [6.07, 6.45) is 2.92. The number of hydrogen-bond donors (Lipinski definition) is 0. The van der Waals surface area contributed by atoms with E-state index >= 15 is 0 Å². The van der Waals surface area contributed by atoms with Gasteiger partial charge in [-0.15, -0.1) is 0 Å². The summed E-state index contributed by atoms with van der Waals surface area (Å²) in [5.41, 5.74) is -0.239. The van der Waals surface area contributed by atoms with E-state index in [1.807, 2.05) is 6.92 Å². The molecule has 2 aliphatic carbocycles. The lowest BCUT2D eigenvalue weighted by molar-refractivity contribution is 0.0356. The molecular formula is C17H29N2O2P. The molecule has 4 nitrogen and oxygen atoms in total. The highest BCUT2D eigenvalue weighted by Crippen LogP contribution is 2.77. The standard InChI is InChI=1S/C17H29N2O2P/c1-7-12(10-18)22(20)19(11(2)3)14-13-8-9-17(6,15(14)21-22)16(13,4)5/h11-15H,7-9H2,1-6H3/t12-,13+,14+,15+,17-,22?/m0/s1. The van der Waals surface area contributed by atoms with Gasteiger partial charge in [0.15, 0.2) is 0 Å². The van der Waals surface area contributed by atoms with Crippen molar-refractivity contribution in [3.05, 3.63) is 0 Å². The molecule has 124 valence electrons. The van der Waals surface area contributed by atoms with Gasteiger partial charge in [0.25, 0.3) is 7.52 Å². The first-order chi connectivity index (χ1) is 10.1. The normalized spacial score (nSPS) is 47.6. The van der Waals surface area contributed by atoms with Crippen LogP contribution in [0.3, 0.4) is 0 Å². The maximum atomic E-state index is 13.7. The van der Waals surface area contributed by atoms with Crippen molar-refractivity contribution < 1.29 is 9.09 Å². The van der Waals surface area contributed by atoms with Crippen molar-refractivity contribution in [3.8, 4) is 6.07 Å². The third-order valence-corrected chi connectivity index (χ3v) is 10.2. The first kappa shape index (κ1) is 16.5. The summed E-state index contributed by atoms with van der Waals surface area (Å²) in [5, 5.41) is 9.50. The molecule has 3 aliphatic rings. The van der Waals surface area contributed by atoms with Crippen molar-refractivity contribution in [1.29, 1.82) is 5.26 Å². The largest absolute Gasteiger partial charge is 0.311 e.